The maximum Gasteiger partial charge on any atom is 0.115 e. The summed E-state index contributed by atoms with van der Waals surface area (Å²) in [6.45, 7) is 0. The highest BCUT2D eigenvalue weighted by molar-refractivity contribution is 6.35. The van der Waals surface area contributed by atoms with Crippen molar-refractivity contribution in [1.82, 2.24) is 9.97 Å². The molecule has 0 spiro atoms. The Morgan fingerprint density at radius 3 is 2.44 bits per heavy atom. The molecule has 0 fully saturated rings. The quantitative estimate of drug-likeness (QED) is 0.897. The minimum absolute atomic E-state index is 0.420. The van der Waals surface area contributed by atoms with E-state index in [1.54, 1.807) is 30.6 Å². The van der Waals surface area contributed by atoms with E-state index in [9.17, 15) is 5.11 Å². The molecule has 1 heterocycles. The van der Waals surface area contributed by atoms with Crippen molar-refractivity contribution in [3.8, 4) is 0 Å². The van der Waals surface area contributed by atoms with E-state index in [0.29, 0.717) is 21.2 Å². The average molecular weight is 255 g/mol. The summed E-state index contributed by atoms with van der Waals surface area (Å²) in [6.07, 6.45) is 3.65. The summed E-state index contributed by atoms with van der Waals surface area (Å²) in [5.41, 5.74) is 1.17. The zero-order valence-corrected chi connectivity index (χ0v) is 9.65. The number of aliphatic hydroxyl groups excluding tert-OH is 1. The number of nitrogens with zero attached hydrogens (tertiary/aromatic N) is 2. The Bertz CT molecular complexity index is 491. The topological polar surface area (TPSA) is 46.0 Å². The van der Waals surface area contributed by atoms with Crippen LogP contribution in [0.25, 0.3) is 0 Å². The van der Waals surface area contributed by atoms with Crippen molar-refractivity contribution < 1.29 is 5.11 Å². The third kappa shape index (κ3) is 2.32. The lowest BCUT2D eigenvalue weighted by atomic mass is 10.0. The summed E-state index contributed by atoms with van der Waals surface area (Å²) in [5, 5.41) is 11.0. The molecule has 1 unspecified atom stereocenters. The van der Waals surface area contributed by atoms with Gasteiger partial charge in [-0.15, -0.1) is 0 Å². The fourth-order valence-corrected chi connectivity index (χ4v) is 1.87. The van der Waals surface area contributed by atoms with Crippen molar-refractivity contribution in [3.63, 3.8) is 0 Å². The number of aromatic nitrogens is 2. The number of benzene rings is 1. The molecule has 2 rings (SSSR count). The van der Waals surface area contributed by atoms with Crippen molar-refractivity contribution >= 4 is 23.2 Å². The van der Waals surface area contributed by atoms with Crippen molar-refractivity contribution in [1.29, 1.82) is 0 Å². The van der Waals surface area contributed by atoms with Crippen LogP contribution in [-0.2, 0) is 0 Å². The Morgan fingerprint density at radius 2 is 1.81 bits per heavy atom. The van der Waals surface area contributed by atoms with E-state index in [4.69, 9.17) is 23.2 Å². The summed E-state index contributed by atoms with van der Waals surface area (Å²) >= 11 is 11.8. The molecule has 0 saturated carbocycles. The molecule has 0 amide bonds. The summed E-state index contributed by atoms with van der Waals surface area (Å²) in [7, 11) is 0. The van der Waals surface area contributed by atoms with Gasteiger partial charge in [0.05, 0.1) is 0 Å². The molecule has 3 nitrogen and oxygen atoms in total. The van der Waals surface area contributed by atoms with Crippen LogP contribution in [0.4, 0.5) is 0 Å². The minimum Gasteiger partial charge on any atom is -0.383 e. The van der Waals surface area contributed by atoms with Gasteiger partial charge in [-0.1, -0.05) is 29.3 Å². The van der Waals surface area contributed by atoms with Crippen molar-refractivity contribution in [2.75, 3.05) is 0 Å². The lowest BCUT2D eigenvalue weighted by molar-refractivity contribution is 0.219. The Hall–Kier alpha value is -1.16. The number of rotatable bonds is 2. The third-order valence-electron chi connectivity index (χ3n) is 2.15. The van der Waals surface area contributed by atoms with Gasteiger partial charge in [-0.25, -0.2) is 9.97 Å². The van der Waals surface area contributed by atoms with Crippen LogP contribution < -0.4 is 0 Å². The van der Waals surface area contributed by atoms with Crippen LogP contribution in [0.2, 0.25) is 10.0 Å². The summed E-state index contributed by atoms with van der Waals surface area (Å²) in [6, 6.07) is 4.95. The van der Waals surface area contributed by atoms with Gasteiger partial charge in [-0.2, -0.15) is 0 Å². The molecule has 82 valence electrons. The highest BCUT2D eigenvalue weighted by Gasteiger charge is 2.14. The van der Waals surface area contributed by atoms with E-state index in [1.807, 2.05) is 0 Å². The molecule has 0 saturated heterocycles. The fraction of sp³-hybridized carbons (Fsp3) is 0.0909. The molecule has 16 heavy (non-hydrogen) atoms. The summed E-state index contributed by atoms with van der Waals surface area (Å²) < 4.78 is 0. The first-order valence-electron chi connectivity index (χ1n) is 4.56. The standard InChI is InChI=1S/C11H8Cl2N2O/c12-8-1-2-9(10(13)3-8)11(16)7-4-14-6-15-5-7/h1-6,11,16H. The summed E-state index contributed by atoms with van der Waals surface area (Å²) in [4.78, 5) is 7.68. The van der Waals surface area contributed by atoms with Gasteiger partial charge in [-0.05, 0) is 12.1 Å². The van der Waals surface area contributed by atoms with Crippen LogP contribution in [0.15, 0.2) is 36.9 Å². The maximum absolute atomic E-state index is 10.1. The Kier molecular flexibility index (Phi) is 3.39. The first kappa shape index (κ1) is 11.3. The number of hydrogen-bond acceptors (Lipinski definition) is 3. The number of halogens is 2. The lowest BCUT2D eigenvalue weighted by Gasteiger charge is -2.12. The van der Waals surface area contributed by atoms with Crippen LogP contribution in [-0.4, -0.2) is 15.1 Å². The molecule has 1 atom stereocenters. The molecule has 1 aromatic heterocycles. The van der Waals surface area contributed by atoms with Crippen molar-refractivity contribution in [3.05, 3.63) is 58.1 Å². The molecule has 0 aliphatic carbocycles. The average Bonchev–Trinajstić information content (AvgIpc) is 2.29. The third-order valence-corrected chi connectivity index (χ3v) is 2.72. The monoisotopic (exact) mass is 254 g/mol. The molecular formula is C11H8Cl2N2O. The molecule has 5 heteroatoms. The van der Waals surface area contributed by atoms with Crippen molar-refractivity contribution in [2.24, 2.45) is 0 Å². The highest BCUT2D eigenvalue weighted by Crippen LogP contribution is 2.29. The predicted molar refractivity (Wildman–Crippen MR) is 62.6 cm³/mol. The van der Waals surface area contributed by atoms with Crippen LogP contribution in [0.3, 0.4) is 0 Å². The molecule has 1 N–H and O–H groups in total. The molecule has 0 bridgehead atoms. The summed E-state index contributed by atoms with van der Waals surface area (Å²) in [5.74, 6) is 0. The molecule has 1 aromatic carbocycles. The van der Waals surface area contributed by atoms with Crippen molar-refractivity contribution in [2.45, 2.75) is 6.10 Å². The van der Waals surface area contributed by atoms with Crippen LogP contribution in [0.1, 0.15) is 17.2 Å². The molecule has 0 aliphatic heterocycles. The predicted octanol–water partition coefficient (Wildman–Crippen LogP) is 2.87. The van der Waals surface area contributed by atoms with E-state index in [1.165, 1.54) is 6.33 Å². The first-order chi connectivity index (χ1) is 7.68. The zero-order chi connectivity index (χ0) is 11.5. The normalized spacial score (nSPS) is 12.4. The second-order valence-corrected chi connectivity index (χ2v) is 4.08. The van der Waals surface area contributed by atoms with Gasteiger partial charge in [-0.3, -0.25) is 0 Å². The van der Waals surface area contributed by atoms with Gasteiger partial charge < -0.3 is 5.11 Å². The highest BCUT2D eigenvalue weighted by atomic mass is 35.5. The van der Waals surface area contributed by atoms with Crippen LogP contribution in [0, 0.1) is 0 Å². The largest absolute Gasteiger partial charge is 0.383 e. The first-order valence-corrected chi connectivity index (χ1v) is 5.32. The van der Waals surface area contributed by atoms with E-state index in [2.05, 4.69) is 9.97 Å². The van der Waals surface area contributed by atoms with Gasteiger partial charge in [0.15, 0.2) is 0 Å². The molecular weight excluding hydrogens is 247 g/mol. The van der Waals surface area contributed by atoms with Gasteiger partial charge in [0.1, 0.15) is 12.4 Å². The van der Waals surface area contributed by atoms with Gasteiger partial charge in [0.2, 0.25) is 0 Å². The van der Waals surface area contributed by atoms with Gasteiger partial charge in [0, 0.05) is 33.6 Å². The SMILES string of the molecule is OC(c1cncnc1)c1ccc(Cl)cc1Cl. The van der Waals surface area contributed by atoms with E-state index in [0.717, 1.165) is 0 Å². The Balaban J connectivity index is 2.38. The molecule has 0 aliphatic rings. The second-order valence-electron chi connectivity index (χ2n) is 3.24. The number of hydrogen-bond donors (Lipinski definition) is 1. The lowest BCUT2D eigenvalue weighted by Crippen LogP contribution is -2.01. The maximum atomic E-state index is 10.1. The minimum atomic E-state index is -0.842. The zero-order valence-electron chi connectivity index (χ0n) is 8.14. The van der Waals surface area contributed by atoms with E-state index >= 15 is 0 Å². The van der Waals surface area contributed by atoms with E-state index in [-0.39, 0.29) is 0 Å². The second kappa shape index (κ2) is 4.78. The number of aliphatic hydroxyl groups is 1. The Labute approximate surface area is 103 Å². The van der Waals surface area contributed by atoms with Crippen LogP contribution in [0.5, 0.6) is 0 Å². The Morgan fingerprint density at radius 1 is 1.12 bits per heavy atom. The fourth-order valence-electron chi connectivity index (χ4n) is 1.35. The molecule has 2 aromatic rings. The van der Waals surface area contributed by atoms with Crippen LogP contribution >= 0.6 is 23.2 Å². The van der Waals surface area contributed by atoms with Gasteiger partial charge >= 0.3 is 0 Å². The van der Waals surface area contributed by atoms with E-state index < -0.39 is 6.10 Å². The molecule has 0 radical (unpaired) electrons. The van der Waals surface area contributed by atoms with Gasteiger partial charge in [0.25, 0.3) is 0 Å². The smallest absolute Gasteiger partial charge is 0.115 e.